The molecule has 0 N–H and O–H groups in total. The maximum Gasteiger partial charge on any atom is 0.00985 e. The van der Waals surface area contributed by atoms with Crippen molar-refractivity contribution in [3.63, 3.8) is 0 Å². The minimum absolute atomic E-state index is 0.475. The molecule has 0 saturated heterocycles. The Balaban J connectivity index is 1.71. The van der Waals surface area contributed by atoms with Gasteiger partial charge in [-0.05, 0) is 79.0 Å². The summed E-state index contributed by atoms with van der Waals surface area (Å²) in [5.74, 6) is 0.475. The van der Waals surface area contributed by atoms with E-state index in [9.17, 15) is 0 Å². The smallest absolute Gasteiger partial charge is 0.00985 e. The molecule has 1 aliphatic carbocycles. The largest absolute Gasteiger partial charge is 0.0620 e. The Morgan fingerprint density at radius 2 is 1.20 bits per heavy atom. The van der Waals surface area contributed by atoms with E-state index in [4.69, 9.17) is 0 Å². The highest BCUT2D eigenvalue weighted by atomic mass is 14.3. The van der Waals surface area contributed by atoms with Gasteiger partial charge in [0.1, 0.15) is 0 Å². The summed E-state index contributed by atoms with van der Waals surface area (Å²) < 4.78 is 0. The lowest BCUT2D eigenvalue weighted by atomic mass is 9.76. The normalized spacial score (nSPS) is 16.6. The highest BCUT2D eigenvalue weighted by molar-refractivity contribution is 6.34. The molecule has 0 aliphatic heterocycles. The summed E-state index contributed by atoms with van der Waals surface area (Å²) in [6.07, 6.45) is 3.70. The average molecular weight is 383 g/mol. The molecule has 0 bridgehead atoms. The quantitative estimate of drug-likeness (QED) is 0.198. The summed E-state index contributed by atoms with van der Waals surface area (Å²) in [6.45, 7) is 0. The molecule has 7 rings (SSSR count). The van der Waals surface area contributed by atoms with E-state index in [0.717, 1.165) is 0 Å². The molecular formula is C30H22. The van der Waals surface area contributed by atoms with Gasteiger partial charge in [0, 0.05) is 5.92 Å². The highest BCUT2D eigenvalue weighted by Gasteiger charge is 2.25. The van der Waals surface area contributed by atoms with Crippen LogP contribution in [0.1, 0.15) is 35.4 Å². The Morgan fingerprint density at radius 3 is 2.13 bits per heavy atom. The second-order valence-electron chi connectivity index (χ2n) is 8.79. The van der Waals surface area contributed by atoms with Crippen molar-refractivity contribution >= 4 is 43.1 Å². The molecule has 1 aliphatic rings. The molecule has 6 aromatic carbocycles. The van der Waals surface area contributed by atoms with Crippen molar-refractivity contribution in [2.75, 3.05) is 0 Å². The number of hydrogen-bond acceptors (Lipinski definition) is 0. The molecule has 142 valence electrons. The zero-order valence-corrected chi connectivity index (χ0v) is 16.9. The van der Waals surface area contributed by atoms with Gasteiger partial charge in [0.2, 0.25) is 0 Å². The van der Waals surface area contributed by atoms with E-state index >= 15 is 0 Å². The Morgan fingerprint density at radius 1 is 0.500 bits per heavy atom. The summed E-state index contributed by atoms with van der Waals surface area (Å²) in [7, 11) is 0. The van der Waals surface area contributed by atoms with Crippen LogP contribution >= 0.6 is 0 Å². The first-order valence-corrected chi connectivity index (χ1v) is 11.1. The lowest BCUT2D eigenvalue weighted by Crippen LogP contribution is -2.11. The molecule has 0 radical (unpaired) electrons. The van der Waals surface area contributed by atoms with Crippen LogP contribution in [-0.4, -0.2) is 0 Å². The summed E-state index contributed by atoms with van der Waals surface area (Å²) in [6, 6.07) is 34.2. The summed E-state index contributed by atoms with van der Waals surface area (Å²) in [5.41, 5.74) is 4.57. The lowest BCUT2D eigenvalue weighted by molar-refractivity contribution is 0.619. The van der Waals surface area contributed by atoms with Gasteiger partial charge in [-0.3, -0.25) is 0 Å². The van der Waals surface area contributed by atoms with E-state index in [-0.39, 0.29) is 0 Å². The standard InChI is InChI=1S/C30H22/c1-2-10-22-19(7-1)8-5-13-23(22)27-18-17-21-16-15-20-9-6-14-25-24-11-3-4-12-26(24)30(27)29(21)28(20)25/h1-4,6-7,9-12,14-18,23H,5,8,13H2. The number of fused-ring (bicyclic) bond motifs is 4. The topological polar surface area (TPSA) is 0 Å². The van der Waals surface area contributed by atoms with Crippen LogP contribution in [0.25, 0.3) is 43.1 Å². The van der Waals surface area contributed by atoms with Crippen LogP contribution in [0.2, 0.25) is 0 Å². The first-order chi connectivity index (χ1) is 14.9. The summed E-state index contributed by atoms with van der Waals surface area (Å²) >= 11 is 0. The van der Waals surface area contributed by atoms with Gasteiger partial charge in [0.25, 0.3) is 0 Å². The lowest BCUT2D eigenvalue weighted by Gasteiger charge is -2.28. The Labute approximate surface area is 176 Å². The van der Waals surface area contributed by atoms with Crippen molar-refractivity contribution in [1.82, 2.24) is 0 Å². The van der Waals surface area contributed by atoms with Crippen LogP contribution in [0.5, 0.6) is 0 Å². The Kier molecular flexibility index (Phi) is 3.32. The van der Waals surface area contributed by atoms with Gasteiger partial charge in [-0.1, -0.05) is 91.0 Å². The molecule has 0 nitrogen and oxygen atoms in total. The third-order valence-electron chi connectivity index (χ3n) is 7.29. The third kappa shape index (κ3) is 2.11. The predicted molar refractivity (Wildman–Crippen MR) is 129 cm³/mol. The molecule has 1 atom stereocenters. The van der Waals surface area contributed by atoms with Crippen LogP contribution in [0.3, 0.4) is 0 Å². The number of rotatable bonds is 1. The van der Waals surface area contributed by atoms with Gasteiger partial charge in [0.15, 0.2) is 0 Å². The molecule has 6 aromatic rings. The predicted octanol–water partition coefficient (Wildman–Crippen LogP) is 8.21. The second-order valence-corrected chi connectivity index (χ2v) is 8.79. The average Bonchev–Trinajstić information content (AvgIpc) is 2.82. The van der Waals surface area contributed by atoms with Crippen LogP contribution in [0, 0.1) is 0 Å². The van der Waals surface area contributed by atoms with Crippen molar-refractivity contribution in [2.45, 2.75) is 25.2 Å². The second kappa shape index (κ2) is 6.06. The summed E-state index contributed by atoms with van der Waals surface area (Å²) in [4.78, 5) is 0. The third-order valence-corrected chi connectivity index (χ3v) is 7.29. The van der Waals surface area contributed by atoms with Crippen molar-refractivity contribution in [3.05, 3.63) is 108 Å². The molecule has 30 heavy (non-hydrogen) atoms. The van der Waals surface area contributed by atoms with Gasteiger partial charge < -0.3 is 0 Å². The Bertz CT molecular complexity index is 1570. The molecule has 0 aromatic heterocycles. The zero-order valence-electron chi connectivity index (χ0n) is 16.9. The first-order valence-electron chi connectivity index (χ1n) is 11.1. The van der Waals surface area contributed by atoms with Crippen LogP contribution in [0.15, 0.2) is 91.0 Å². The van der Waals surface area contributed by atoms with Crippen LogP contribution < -0.4 is 0 Å². The van der Waals surface area contributed by atoms with Gasteiger partial charge in [-0.15, -0.1) is 0 Å². The monoisotopic (exact) mass is 382 g/mol. The first kappa shape index (κ1) is 16.4. The Hall–Kier alpha value is -3.38. The minimum Gasteiger partial charge on any atom is -0.0620 e. The fraction of sp³-hybridized carbons (Fsp3) is 0.133. The van der Waals surface area contributed by atoms with E-state index in [2.05, 4.69) is 91.0 Å². The SMILES string of the molecule is c1ccc2c(c1)CCCC2c1ccc2ccc3cccc4c5ccccc5c1c2c34. The van der Waals surface area contributed by atoms with Gasteiger partial charge >= 0.3 is 0 Å². The van der Waals surface area contributed by atoms with Crippen molar-refractivity contribution in [2.24, 2.45) is 0 Å². The van der Waals surface area contributed by atoms with Gasteiger partial charge in [-0.25, -0.2) is 0 Å². The maximum absolute atomic E-state index is 2.42. The molecule has 0 heteroatoms. The van der Waals surface area contributed by atoms with Crippen molar-refractivity contribution < 1.29 is 0 Å². The zero-order chi connectivity index (χ0) is 19.7. The molecule has 0 saturated carbocycles. The molecule has 0 spiro atoms. The fourth-order valence-corrected chi connectivity index (χ4v) is 6.03. The van der Waals surface area contributed by atoms with E-state index in [1.165, 1.54) is 79.0 Å². The van der Waals surface area contributed by atoms with E-state index in [0.29, 0.717) is 5.92 Å². The summed E-state index contributed by atoms with van der Waals surface area (Å²) in [5, 5.41) is 11.2. The molecule has 1 unspecified atom stereocenters. The number of benzene rings is 6. The van der Waals surface area contributed by atoms with E-state index in [1.54, 1.807) is 0 Å². The fourth-order valence-electron chi connectivity index (χ4n) is 6.03. The number of hydrogen-bond donors (Lipinski definition) is 0. The van der Waals surface area contributed by atoms with Gasteiger partial charge in [0.05, 0.1) is 0 Å². The van der Waals surface area contributed by atoms with E-state index < -0.39 is 0 Å². The molecular weight excluding hydrogens is 360 g/mol. The highest BCUT2D eigenvalue weighted by Crippen LogP contribution is 2.46. The maximum atomic E-state index is 2.42. The van der Waals surface area contributed by atoms with Crippen molar-refractivity contribution in [1.29, 1.82) is 0 Å². The molecule has 0 heterocycles. The van der Waals surface area contributed by atoms with Crippen LogP contribution in [0.4, 0.5) is 0 Å². The number of aryl methyl sites for hydroxylation is 1. The minimum atomic E-state index is 0.475. The molecule has 0 fully saturated rings. The van der Waals surface area contributed by atoms with Gasteiger partial charge in [-0.2, -0.15) is 0 Å². The van der Waals surface area contributed by atoms with Crippen LogP contribution in [-0.2, 0) is 6.42 Å². The van der Waals surface area contributed by atoms with E-state index in [1.807, 2.05) is 0 Å². The molecule has 0 amide bonds. The van der Waals surface area contributed by atoms with Crippen molar-refractivity contribution in [3.8, 4) is 0 Å².